The second-order valence-corrected chi connectivity index (χ2v) is 7.82. The third kappa shape index (κ3) is 6.06. The Morgan fingerprint density at radius 2 is 1.73 bits per heavy atom. The van der Waals surface area contributed by atoms with Gasteiger partial charge in [-0.1, -0.05) is 42.5 Å². The molecule has 8 heteroatoms. The standard InChI is InChI=1S/C25H28N4O4/c1-16-9-8-12-21(24(16)27-19(4)30)25(32)33-15-23(31)26-13-22-17(2)28-29(18(22)3)14-20-10-6-5-7-11-20/h5-12H,13-15H2,1-4H3,(H,26,31)(H,27,30). The van der Waals surface area contributed by atoms with Crippen LogP contribution in [0.25, 0.3) is 0 Å². The van der Waals surface area contributed by atoms with E-state index in [4.69, 9.17) is 4.74 Å². The van der Waals surface area contributed by atoms with E-state index < -0.39 is 18.5 Å². The number of hydrogen-bond acceptors (Lipinski definition) is 5. The van der Waals surface area contributed by atoms with Crippen LogP contribution in [0.3, 0.4) is 0 Å². The summed E-state index contributed by atoms with van der Waals surface area (Å²) in [6, 6.07) is 15.0. The number of amides is 2. The lowest BCUT2D eigenvalue weighted by Gasteiger charge is -2.12. The molecule has 0 radical (unpaired) electrons. The van der Waals surface area contributed by atoms with E-state index >= 15 is 0 Å². The first-order chi connectivity index (χ1) is 15.8. The summed E-state index contributed by atoms with van der Waals surface area (Å²) >= 11 is 0. The quantitative estimate of drug-likeness (QED) is 0.515. The third-order valence-corrected chi connectivity index (χ3v) is 5.30. The Labute approximate surface area is 193 Å². The normalized spacial score (nSPS) is 10.5. The van der Waals surface area contributed by atoms with Crippen LogP contribution in [-0.2, 0) is 27.4 Å². The fourth-order valence-electron chi connectivity index (χ4n) is 3.53. The Morgan fingerprint density at radius 1 is 1.00 bits per heavy atom. The third-order valence-electron chi connectivity index (χ3n) is 5.30. The van der Waals surface area contributed by atoms with Crippen LogP contribution in [0.15, 0.2) is 48.5 Å². The van der Waals surface area contributed by atoms with Gasteiger partial charge in [0.25, 0.3) is 5.91 Å². The molecule has 33 heavy (non-hydrogen) atoms. The van der Waals surface area contributed by atoms with Gasteiger partial charge in [0.1, 0.15) is 0 Å². The van der Waals surface area contributed by atoms with Crippen molar-refractivity contribution in [3.63, 3.8) is 0 Å². The summed E-state index contributed by atoms with van der Waals surface area (Å²) in [7, 11) is 0. The average molecular weight is 449 g/mol. The molecule has 1 heterocycles. The zero-order chi connectivity index (χ0) is 24.0. The first-order valence-electron chi connectivity index (χ1n) is 10.6. The highest BCUT2D eigenvalue weighted by Gasteiger charge is 2.18. The summed E-state index contributed by atoms with van der Waals surface area (Å²) in [4.78, 5) is 36.3. The summed E-state index contributed by atoms with van der Waals surface area (Å²) in [5.74, 6) is -1.40. The maximum atomic E-state index is 12.5. The number of rotatable bonds is 8. The number of para-hydroxylation sites is 1. The minimum absolute atomic E-state index is 0.201. The van der Waals surface area contributed by atoms with E-state index in [9.17, 15) is 14.4 Å². The predicted molar refractivity (Wildman–Crippen MR) is 125 cm³/mol. The molecular weight excluding hydrogens is 420 g/mol. The van der Waals surface area contributed by atoms with Gasteiger partial charge in [-0.25, -0.2) is 4.79 Å². The van der Waals surface area contributed by atoms with Gasteiger partial charge in [-0.2, -0.15) is 5.10 Å². The molecule has 1 aromatic heterocycles. The number of nitrogens with zero attached hydrogens (tertiary/aromatic N) is 2. The number of carbonyl (C=O) groups excluding carboxylic acids is 3. The van der Waals surface area contributed by atoms with E-state index in [1.54, 1.807) is 25.1 Å². The van der Waals surface area contributed by atoms with E-state index in [0.717, 1.165) is 28.1 Å². The van der Waals surface area contributed by atoms with Crippen molar-refractivity contribution in [2.75, 3.05) is 11.9 Å². The molecule has 2 N–H and O–H groups in total. The first-order valence-corrected chi connectivity index (χ1v) is 10.6. The Kier molecular flexibility index (Phi) is 7.61. The Bertz CT molecular complexity index is 1170. The molecule has 8 nitrogen and oxygen atoms in total. The molecule has 0 aliphatic heterocycles. The molecule has 0 saturated heterocycles. The van der Waals surface area contributed by atoms with Gasteiger partial charge in [0, 0.05) is 24.7 Å². The van der Waals surface area contributed by atoms with E-state index in [-0.39, 0.29) is 18.0 Å². The van der Waals surface area contributed by atoms with Gasteiger partial charge in [0.15, 0.2) is 6.61 Å². The van der Waals surface area contributed by atoms with Crippen molar-refractivity contribution in [1.82, 2.24) is 15.1 Å². The Morgan fingerprint density at radius 3 is 2.42 bits per heavy atom. The largest absolute Gasteiger partial charge is 0.452 e. The zero-order valence-corrected chi connectivity index (χ0v) is 19.3. The monoisotopic (exact) mass is 448 g/mol. The average Bonchev–Trinajstić information content (AvgIpc) is 3.04. The molecule has 172 valence electrons. The minimum Gasteiger partial charge on any atom is -0.452 e. The van der Waals surface area contributed by atoms with E-state index in [0.29, 0.717) is 12.2 Å². The van der Waals surface area contributed by atoms with E-state index in [1.807, 2.05) is 48.9 Å². The molecule has 0 saturated carbocycles. The summed E-state index contributed by atoms with van der Waals surface area (Å²) in [6.07, 6.45) is 0. The highest BCUT2D eigenvalue weighted by atomic mass is 16.5. The van der Waals surface area contributed by atoms with Gasteiger partial charge in [0.05, 0.1) is 23.5 Å². The number of hydrogen-bond donors (Lipinski definition) is 2. The van der Waals surface area contributed by atoms with Gasteiger partial charge in [-0.15, -0.1) is 0 Å². The van der Waals surface area contributed by atoms with Crippen molar-refractivity contribution < 1.29 is 19.1 Å². The topological polar surface area (TPSA) is 102 Å². The van der Waals surface area contributed by atoms with Crippen molar-refractivity contribution in [2.24, 2.45) is 0 Å². The Balaban J connectivity index is 1.58. The molecular formula is C25H28N4O4. The van der Waals surface area contributed by atoms with Crippen LogP contribution in [-0.4, -0.2) is 34.2 Å². The molecule has 2 aromatic carbocycles. The van der Waals surface area contributed by atoms with E-state index in [1.165, 1.54) is 6.92 Å². The maximum absolute atomic E-state index is 12.5. The molecule has 0 unspecified atom stereocenters. The maximum Gasteiger partial charge on any atom is 0.340 e. The van der Waals surface area contributed by atoms with Crippen LogP contribution < -0.4 is 10.6 Å². The van der Waals surface area contributed by atoms with Crippen molar-refractivity contribution in [3.05, 3.63) is 82.2 Å². The number of anilines is 1. The lowest BCUT2D eigenvalue weighted by Crippen LogP contribution is -2.29. The number of nitrogens with one attached hydrogen (secondary N) is 2. The van der Waals surface area contributed by atoms with Gasteiger partial charge in [-0.3, -0.25) is 14.3 Å². The minimum atomic E-state index is -0.680. The van der Waals surface area contributed by atoms with E-state index in [2.05, 4.69) is 15.7 Å². The summed E-state index contributed by atoms with van der Waals surface area (Å²) < 4.78 is 7.09. The lowest BCUT2D eigenvalue weighted by atomic mass is 10.1. The van der Waals surface area contributed by atoms with Crippen molar-refractivity contribution in [3.8, 4) is 0 Å². The molecule has 0 atom stereocenters. The second-order valence-electron chi connectivity index (χ2n) is 7.82. The lowest BCUT2D eigenvalue weighted by molar-refractivity contribution is -0.124. The van der Waals surface area contributed by atoms with Crippen molar-refractivity contribution in [2.45, 2.75) is 40.8 Å². The summed E-state index contributed by atoms with van der Waals surface area (Å²) in [6.45, 7) is 7.50. The smallest absolute Gasteiger partial charge is 0.340 e. The zero-order valence-electron chi connectivity index (χ0n) is 19.3. The number of benzene rings is 2. The fraction of sp³-hybridized carbons (Fsp3) is 0.280. The number of aromatic nitrogens is 2. The number of ether oxygens (including phenoxy) is 1. The Hall–Kier alpha value is -3.94. The SMILES string of the molecule is CC(=O)Nc1c(C)cccc1C(=O)OCC(=O)NCc1c(C)nn(Cc2ccccc2)c1C. The predicted octanol–water partition coefficient (Wildman–Crippen LogP) is 3.29. The molecule has 0 spiro atoms. The molecule has 0 aliphatic carbocycles. The van der Waals surface area contributed by atoms with Crippen LogP contribution in [0.2, 0.25) is 0 Å². The molecule has 0 aliphatic rings. The number of aryl methyl sites for hydroxylation is 2. The summed E-state index contributed by atoms with van der Waals surface area (Å²) in [5.41, 5.74) is 5.17. The van der Waals surface area contributed by atoms with Gasteiger partial charge in [0.2, 0.25) is 5.91 Å². The van der Waals surface area contributed by atoms with Crippen LogP contribution >= 0.6 is 0 Å². The highest BCUT2D eigenvalue weighted by Crippen LogP contribution is 2.21. The first kappa shape index (κ1) is 23.7. The van der Waals surface area contributed by atoms with Gasteiger partial charge >= 0.3 is 5.97 Å². The van der Waals surface area contributed by atoms with Crippen LogP contribution in [0.4, 0.5) is 5.69 Å². The molecule has 2 amide bonds. The van der Waals surface area contributed by atoms with Gasteiger partial charge < -0.3 is 15.4 Å². The number of carbonyl (C=O) groups is 3. The van der Waals surface area contributed by atoms with Crippen molar-refractivity contribution in [1.29, 1.82) is 0 Å². The number of esters is 1. The van der Waals surface area contributed by atoms with Crippen LogP contribution in [0.1, 0.15) is 45.4 Å². The van der Waals surface area contributed by atoms with Gasteiger partial charge in [-0.05, 0) is 38.0 Å². The molecule has 3 rings (SSSR count). The van der Waals surface area contributed by atoms with Crippen molar-refractivity contribution >= 4 is 23.5 Å². The second kappa shape index (κ2) is 10.6. The highest BCUT2D eigenvalue weighted by molar-refractivity contribution is 6.02. The van der Waals surface area contributed by atoms with Crippen LogP contribution in [0, 0.1) is 20.8 Å². The summed E-state index contributed by atoms with van der Waals surface area (Å²) in [5, 5.41) is 10.0. The molecule has 3 aromatic rings. The molecule has 0 fully saturated rings. The molecule has 0 bridgehead atoms. The fourth-order valence-corrected chi connectivity index (χ4v) is 3.53. The van der Waals surface area contributed by atoms with Crippen LogP contribution in [0.5, 0.6) is 0 Å².